The molecule has 0 unspecified atom stereocenters. The number of carbonyl (C=O) groups is 1. The van der Waals surface area contributed by atoms with E-state index in [9.17, 15) is 18.0 Å². The Hall–Kier alpha value is -4.17. The van der Waals surface area contributed by atoms with Gasteiger partial charge in [0.2, 0.25) is 0 Å². The number of nitrogens with one attached hydrogen (secondary N) is 1. The second-order valence-electron chi connectivity index (χ2n) is 9.14. The fourth-order valence-electron chi connectivity index (χ4n) is 4.26. The predicted octanol–water partition coefficient (Wildman–Crippen LogP) is 6.14. The molecule has 11 heteroatoms. The number of benzene rings is 2. The molecule has 202 valence electrons. The number of anilines is 2. The summed E-state index contributed by atoms with van der Waals surface area (Å²) < 4.78 is 41.0. The van der Waals surface area contributed by atoms with Crippen molar-refractivity contribution >= 4 is 39.9 Å². The Morgan fingerprint density at radius 1 is 0.975 bits per heavy atom. The van der Waals surface area contributed by atoms with Crippen molar-refractivity contribution in [2.75, 3.05) is 23.8 Å². The molecule has 0 spiro atoms. The fourth-order valence-corrected chi connectivity index (χ4v) is 4.56. The SMILES string of the molecule is CN(CCC[As])c1cc(-c2cc3nccc(-c4cccc(NC(=O)c5cccc(C(F)(F)F)c5)c4)n3n2)ccn1. The maximum absolute atomic E-state index is 13.1. The topological polar surface area (TPSA) is 75.4 Å². The van der Waals surface area contributed by atoms with Gasteiger partial charge < -0.3 is 5.32 Å². The van der Waals surface area contributed by atoms with Gasteiger partial charge in [-0.1, -0.05) is 18.2 Å². The average molecular weight is 604 g/mol. The van der Waals surface area contributed by atoms with E-state index in [1.807, 2.05) is 37.4 Å². The number of hydrogen-bond acceptors (Lipinski definition) is 5. The Bertz CT molecular complexity index is 1670. The van der Waals surface area contributed by atoms with Crippen LogP contribution in [0.25, 0.3) is 28.2 Å². The van der Waals surface area contributed by atoms with E-state index < -0.39 is 17.6 Å². The van der Waals surface area contributed by atoms with Crippen LogP contribution in [0.1, 0.15) is 22.3 Å². The van der Waals surface area contributed by atoms with Gasteiger partial charge in [-0.05, 0) is 30.3 Å². The van der Waals surface area contributed by atoms with Gasteiger partial charge in [0.1, 0.15) is 0 Å². The molecule has 1 amide bonds. The Balaban J connectivity index is 1.42. The van der Waals surface area contributed by atoms with Crippen LogP contribution in [0.3, 0.4) is 0 Å². The van der Waals surface area contributed by atoms with E-state index >= 15 is 0 Å². The van der Waals surface area contributed by atoms with Crippen LogP contribution in [0, 0.1) is 0 Å². The number of rotatable bonds is 8. The van der Waals surface area contributed by atoms with Gasteiger partial charge >= 0.3 is 143 Å². The van der Waals surface area contributed by atoms with E-state index in [4.69, 9.17) is 5.10 Å². The van der Waals surface area contributed by atoms with Gasteiger partial charge in [-0.15, -0.1) is 0 Å². The molecule has 0 atom stereocenters. The molecule has 0 aliphatic rings. The van der Waals surface area contributed by atoms with Gasteiger partial charge in [0.15, 0.2) is 0 Å². The van der Waals surface area contributed by atoms with E-state index in [0.717, 1.165) is 58.6 Å². The Morgan fingerprint density at radius 2 is 1.77 bits per heavy atom. The molecule has 3 aromatic heterocycles. The summed E-state index contributed by atoms with van der Waals surface area (Å²) in [4.78, 5) is 23.8. The van der Waals surface area contributed by atoms with Crippen LogP contribution in [0.4, 0.5) is 24.7 Å². The second-order valence-corrected chi connectivity index (χ2v) is 10.1. The molecule has 2 radical (unpaired) electrons. The first kappa shape index (κ1) is 27.4. The van der Waals surface area contributed by atoms with Gasteiger partial charge in [-0.25, -0.2) is 0 Å². The Morgan fingerprint density at radius 3 is 2.58 bits per heavy atom. The molecule has 40 heavy (non-hydrogen) atoms. The Kier molecular flexibility index (Phi) is 7.89. The van der Waals surface area contributed by atoms with E-state index in [1.165, 1.54) is 12.1 Å². The summed E-state index contributed by atoms with van der Waals surface area (Å²) >= 11 is 2.59. The van der Waals surface area contributed by atoms with Crippen LogP contribution in [0.2, 0.25) is 5.21 Å². The molecule has 7 nitrogen and oxygen atoms in total. The second kappa shape index (κ2) is 11.5. The van der Waals surface area contributed by atoms with Crippen molar-refractivity contribution in [1.29, 1.82) is 0 Å². The number of halogens is 3. The van der Waals surface area contributed by atoms with Crippen LogP contribution >= 0.6 is 0 Å². The average Bonchev–Trinajstić information content (AvgIpc) is 3.40. The van der Waals surface area contributed by atoms with Crippen molar-refractivity contribution in [2.24, 2.45) is 0 Å². The molecule has 3 heterocycles. The molecule has 0 aliphatic carbocycles. The number of carbonyl (C=O) groups excluding carboxylic acids is 1. The molecule has 0 aliphatic heterocycles. The first-order valence-corrected chi connectivity index (χ1v) is 13.8. The molecule has 5 aromatic rings. The number of nitrogens with zero attached hydrogens (tertiary/aromatic N) is 5. The molecule has 0 saturated carbocycles. The third-order valence-electron chi connectivity index (χ3n) is 6.31. The number of amides is 1. The van der Waals surface area contributed by atoms with E-state index in [1.54, 1.807) is 35.1 Å². The molecule has 0 fully saturated rings. The van der Waals surface area contributed by atoms with Gasteiger partial charge in [0, 0.05) is 11.3 Å². The minimum absolute atomic E-state index is 0.0838. The summed E-state index contributed by atoms with van der Waals surface area (Å²) in [5.74, 6) is 0.217. The summed E-state index contributed by atoms with van der Waals surface area (Å²) in [5, 5.41) is 8.53. The summed E-state index contributed by atoms with van der Waals surface area (Å²) in [6.45, 7) is 0.892. The molecule has 2 aromatic carbocycles. The van der Waals surface area contributed by atoms with Crippen molar-refractivity contribution in [1.82, 2.24) is 19.6 Å². The monoisotopic (exact) mass is 604 g/mol. The molecule has 0 saturated heterocycles. The van der Waals surface area contributed by atoms with Gasteiger partial charge in [0.25, 0.3) is 5.91 Å². The van der Waals surface area contributed by atoms with Crippen LogP contribution in [0.15, 0.2) is 85.2 Å². The van der Waals surface area contributed by atoms with Crippen LogP contribution in [0.5, 0.6) is 0 Å². The summed E-state index contributed by atoms with van der Waals surface area (Å²) in [6.07, 6.45) is -0.0472. The summed E-state index contributed by atoms with van der Waals surface area (Å²) in [7, 11) is 2.01. The van der Waals surface area contributed by atoms with Gasteiger partial charge in [-0.2, -0.15) is 13.2 Å². The zero-order valence-corrected chi connectivity index (χ0v) is 23.3. The fraction of sp³-hybridized carbons (Fsp3) is 0.172. The van der Waals surface area contributed by atoms with E-state index in [0.29, 0.717) is 11.3 Å². The first-order chi connectivity index (χ1) is 19.2. The molecule has 5 rings (SSSR count). The number of aromatic nitrogens is 4. The summed E-state index contributed by atoms with van der Waals surface area (Å²) in [5.41, 5.74) is 3.23. The third-order valence-corrected chi connectivity index (χ3v) is 6.97. The molecule has 1 N–H and O–H groups in total. The zero-order chi connectivity index (χ0) is 28.3. The normalized spacial score (nSPS) is 11.5. The number of alkyl halides is 3. The number of hydrogen-bond donors (Lipinski definition) is 1. The minimum atomic E-state index is -4.53. The summed E-state index contributed by atoms with van der Waals surface area (Å²) in [6, 6.07) is 19.0. The molecular formula is C29H24AsF3N6O. The third kappa shape index (κ3) is 6.02. The number of fused-ring (bicyclic) bond motifs is 1. The first-order valence-electron chi connectivity index (χ1n) is 12.5. The standard InChI is InChI=1S/C29H24AsF3N6O/c1-38(14-4-11-30)26-17-19(9-12-34-26)24-18-27-35-13-10-25(39(27)37-24)20-5-3-8-23(16-20)36-28(40)21-6-2-7-22(15-21)29(31,32)33/h2-3,5-10,12-13,15-18H,4,11,14H2,1H3,(H,36,40). The van der Waals surface area contributed by atoms with Gasteiger partial charge in [-0.3, -0.25) is 4.79 Å². The van der Waals surface area contributed by atoms with Crippen molar-refractivity contribution in [3.8, 4) is 22.5 Å². The van der Waals surface area contributed by atoms with Crippen LogP contribution in [-0.4, -0.2) is 55.9 Å². The molecular weight excluding hydrogens is 580 g/mol. The van der Waals surface area contributed by atoms with E-state index in [-0.39, 0.29) is 5.56 Å². The number of pyridine rings is 1. The van der Waals surface area contributed by atoms with Crippen molar-refractivity contribution < 1.29 is 18.0 Å². The van der Waals surface area contributed by atoms with Crippen molar-refractivity contribution in [3.63, 3.8) is 0 Å². The quantitative estimate of drug-likeness (QED) is 0.216. The molecule has 0 bridgehead atoms. The van der Waals surface area contributed by atoms with Crippen LogP contribution < -0.4 is 10.2 Å². The van der Waals surface area contributed by atoms with Crippen molar-refractivity contribution in [3.05, 3.63) is 96.3 Å². The van der Waals surface area contributed by atoms with Gasteiger partial charge in [0.05, 0.1) is 5.56 Å². The zero-order valence-electron chi connectivity index (χ0n) is 21.4. The maximum atomic E-state index is 13.1. The van der Waals surface area contributed by atoms with E-state index in [2.05, 4.69) is 37.0 Å². The Labute approximate surface area is 237 Å². The van der Waals surface area contributed by atoms with Crippen molar-refractivity contribution in [2.45, 2.75) is 17.8 Å². The predicted molar refractivity (Wildman–Crippen MR) is 149 cm³/mol. The van der Waals surface area contributed by atoms with Crippen LogP contribution in [-0.2, 0) is 6.18 Å².